The van der Waals surface area contributed by atoms with E-state index in [4.69, 9.17) is 4.74 Å². The lowest BCUT2D eigenvalue weighted by atomic mass is 10.1. The molecule has 200 valence electrons. The zero-order valence-electron chi connectivity index (χ0n) is 20.1. The highest BCUT2D eigenvalue weighted by Crippen LogP contribution is 3.02. The van der Waals surface area contributed by atoms with Crippen LogP contribution in [0.15, 0.2) is 56.7 Å². The van der Waals surface area contributed by atoms with Gasteiger partial charge in [-0.3, -0.25) is 9.09 Å². The van der Waals surface area contributed by atoms with Crippen molar-refractivity contribution in [2.45, 2.75) is 44.6 Å². The molecule has 6 nitrogen and oxygen atoms in total. The van der Waals surface area contributed by atoms with Gasteiger partial charge in [-0.2, -0.15) is 0 Å². The first kappa shape index (κ1) is 26.9. The molecule has 37 heavy (non-hydrogen) atoms. The molecule has 0 amide bonds. The average Bonchev–Trinajstić information content (AvgIpc) is 3.38. The van der Waals surface area contributed by atoms with E-state index in [1.165, 1.54) is 15.9 Å². The molecule has 0 N–H and O–H groups in total. The summed E-state index contributed by atoms with van der Waals surface area (Å²) in [5.41, 5.74) is 2.59. The van der Waals surface area contributed by atoms with Crippen LogP contribution in [0.25, 0.3) is 22.0 Å². The Bertz CT molecular complexity index is 1490. The van der Waals surface area contributed by atoms with Crippen LogP contribution in [0.2, 0.25) is 0 Å². The first-order valence-corrected chi connectivity index (χ1v) is 14.0. The molecule has 0 saturated carbocycles. The zero-order valence-corrected chi connectivity index (χ0v) is 21.8. The maximum Gasteiger partial charge on any atom is 0.441 e. The first-order chi connectivity index (χ1) is 17.2. The number of nitrogens with zero attached hydrogens (tertiary/aromatic N) is 3. The van der Waals surface area contributed by atoms with Crippen LogP contribution in [0.1, 0.15) is 35.9 Å². The zero-order chi connectivity index (χ0) is 27.1. The van der Waals surface area contributed by atoms with Gasteiger partial charge >= 0.3 is 16.0 Å². The van der Waals surface area contributed by atoms with Gasteiger partial charge in [-0.15, -0.1) is 11.3 Å². The maximum absolute atomic E-state index is 13.1. The van der Waals surface area contributed by atoms with Crippen LogP contribution in [-0.2, 0) is 20.1 Å². The number of hydrogen-bond donors (Lipinski definition) is 0. The smallest absolute Gasteiger partial charge is 0.441 e. The molecule has 0 unspecified atom stereocenters. The van der Waals surface area contributed by atoms with Crippen molar-refractivity contribution in [1.29, 1.82) is 0 Å². The van der Waals surface area contributed by atoms with Crippen molar-refractivity contribution in [1.82, 2.24) is 14.7 Å². The minimum Gasteiger partial charge on any atom is -0.488 e. The molecule has 0 aliphatic carbocycles. The van der Waals surface area contributed by atoms with E-state index in [1.54, 1.807) is 25.2 Å². The Morgan fingerprint density at radius 2 is 1.78 bits per heavy atom. The van der Waals surface area contributed by atoms with E-state index < -0.39 is 20.9 Å². The molecule has 0 fully saturated rings. The Hall–Kier alpha value is -3.19. The fourth-order valence-corrected chi connectivity index (χ4v) is 5.34. The summed E-state index contributed by atoms with van der Waals surface area (Å²) in [6.45, 7) is 4.04. The molecular formula is C24H24F5N3O3S2. The molecule has 0 atom stereocenters. The lowest BCUT2D eigenvalue weighted by Gasteiger charge is -2.40. The SMILES string of the molecule is CCCCc1nc(-c2ccc(S(F)(F)(F)(F)F)cc2)sc1COc1ccc(-c2noc(=O)n2C)c(C)c1. The Morgan fingerprint density at radius 3 is 2.35 bits per heavy atom. The van der Waals surface area contributed by atoms with E-state index in [0.29, 0.717) is 46.3 Å². The monoisotopic (exact) mass is 561 g/mol. The number of hydrogen-bond acceptors (Lipinski definition) is 6. The van der Waals surface area contributed by atoms with Crippen LogP contribution in [0.5, 0.6) is 5.75 Å². The molecule has 0 spiro atoms. The number of rotatable bonds is 9. The van der Waals surface area contributed by atoms with Crippen molar-refractivity contribution in [3.05, 3.63) is 69.1 Å². The fraction of sp³-hybridized carbons (Fsp3) is 0.292. The quantitative estimate of drug-likeness (QED) is 0.193. The Morgan fingerprint density at radius 1 is 1.08 bits per heavy atom. The second kappa shape index (κ2) is 8.98. The van der Waals surface area contributed by atoms with Gasteiger partial charge in [0, 0.05) is 18.2 Å². The van der Waals surface area contributed by atoms with Gasteiger partial charge < -0.3 is 4.74 Å². The van der Waals surface area contributed by atoms with Gasteiger partial charge in [-0.25, -0.2) is 9.78 Å². The second-order valence-electron chi connectivity index (χ2n) is 8.58. The lowest BCUT2D eigenvalue weighted by Crippen LogP contribution is -2.10. The van der Waals surface area contributed by atoms with Crippen LogP contribution >= 0.6 is 21.6 Å². The number of aryl methyl sites for hydroxylation is 2. The minimum atomic E-state index is -9.74. The Kier molecular flexibility index (Phi) is 6.52. The number of unbranched alkanes of at least 4 members (excludes halogenated alkanes) is 1. The number of benzene rings is 2. The Labute approximate surface area is 213 Å². The molecule has 0 saturated heterocycles. The van der Waals surface area contributed by atoms with Gasteiger partial charge in [0.1, 0.15) is 22.3 Å². The summed E-state index contributed by atoms with van der Waals surface area (Å²) in [6.07, 6.45) is 2.41. The normalized spacial score (nSPS) is 13.8. The number of aromatic nitrogens is 3. The van der Waals surface area contributed by atoms with E-state index in [-0.39, 0.29) is 6.61 Å². The van der Waals surface area contributed by atoms with Gasteiger partial charge in [0.2, 0.25) is 0 Å². The van der Waals surface area contributed by atoms with Crippen molar-refractivity contribution in [2.75, 3.05) is 0 Å². The van der Waals surface area contributed by atoms with Gasteiger partial charge in [0.05, 0.1) is 10.6 Å². The van der Waals surface area contributed by atoms with Crippen LogP contribution in [0.4, 0.5) is 19.4 Å². The summed E-state index contributed by atoms with van der Waals surface area (Å²) in [4.78, 5) is 15.0. The molecule has 2 heterocycles. The summed E-state index contributed by atoms with van der Waals surface area (Å²) in [5.74, 6) is 0.379. The number of ether oxygens (including phenoxy) is 1. The van der Waals surface area contributed by atoms with E-state index in [2.05, 4.69) is 14.7 Å². The molecule has 2 aromatic heterocycles. The minimum absolute atomic E-state index is 0.168. The molecule has 0 bridgehead atoms. The lowest BCUT2D eigenvalue weighted by molar-refractivity contribution is 0.308. The van der Waals surface area contributed by atoms with Crippen molar-refractivity contribution in [3.8, 4) is 27.7 Å². The maximum atomic E-state index is 13.1. The van der Waals surface area contributed by atoms with Crippen LogP contribution in [0, 0.1) is 6.92 Å². The first-order valence-electron chi connectivity index (χ1n) is 11.3. The molecule has 13 heteroatoms. The van der Waals surface area contributed by atoms with Gasteiger partial charge in [0.15, 0.2) is 5.82 Å². The average molecular weight is 562 g/mol. The van der Waals surface area contributed by atoms with Gasteiger partial charge in [0.25, 0.3) is 0 Å². The van der Waals surface area contributed by atoms with Crippen LogP contribution in [0.3, 0.4) is 0 Å². The van der Waals surface area contributed by atoms with E-state index in [0.717, 1.165) is 41.1 Å². The summed E-state index contributed by atoms with van der Waals surface area (Å²) < 4.78 is 77.3. The topological polar surface area (TPSA) is 70.2 Å². The summed E-state index contributed by atoms with van der Waals surface area (Å²) in [7, 11) is -8.18. The number of halogens is 5. The Balaban J connectivity index is 1.56. The molecule has 2 aromatic carbocycles. The predicted octanol–water partition coefficient (Wildman–Crippen LogP) is 8.05. The van der Waals surface area contributed by atoms with Crippen molar-refractivity contribution in [3.63, 3.8) is 0 Å². The third kappa shape index (κ3) is 6.04. The van der Waals surface area contributed by atoms with E-state index in [1.807, 2.05) is 13.8 Å². The molecule has 4 aromatic rings. The van der Waals surface area contributed by atoms with Crippen LogP contribution in [-0.4, -0.2) is 14.7 Å². The largest absolute Gasteiger partial charge is 0.488 e. The van der Waals surface area contributed by atoms with Crippen molar-refractivity contribution < 1.29 is 28.7 Å². The fourth-order valence-electron chi connectivity index (χ4n) is 3.66. The molecule has 0 aliphatic rings. The summed E-state index contributed by atoms with van der Waals surface area (Å²) in [6, 6.07) is 8.11. The highest BCUT2D eigenvalue weighted by atomic mass is 32.5. The van der Waals surface area contributed by atoms with Crippen LogP contribution < -0.4 is 10.5 Å². The van der Waals surface area contributed by atoms with Gasteiger partial charge in [-0.05, 0) is 55.7 Å². The molecule has 0 radical (unpaired) electrons. The van der Waals surface area contributed by atoms with Crippen molar-refractivity contribution in [2.24, 2.45) is 7.05 Å². The second-order valence-corrected chi connectivity index (χ2v) is 12.1. The molecular weight excluding hydrogens is 537 g/mol. The molecule has 4 rings (SSSR count). The predicted molar refractivity (Wildman–Crippen MR) is 134 cm³/mol. The highest BCUT2D eigenvalue weighted by molar-refractivity contribution is 8.45. The van der Waals surface area contributed by atoms with E-state index >= 15 is 0 Å². The van der Waals surface area contributed by atoms with Crippen molar-refractivity contribution >= 4 is 21.6 Å². The van der Waals surface area contributed by atoms with Gasteiger partial charge in [-0.1, -0.05) is 50.1 Å². The summed E-state index contributed by atoms with van der Waals surface area (Å²) in [5, 5.41) is 4.22. The van der Waals surface area contributed by atoms with E-state index in [9.17, 15) is 24.2 Å². The third-order valence-electron chi connectivity index (χ3n) is 5.70. The number of thiazole rings is 1. The highest BCUT2D eigenvalue weighted by Gasteiger charge is 2.65. The molecule has 0 aliphatic heterocycles. The summed E-state index contributed by atoms with van der Waals surface area (Å²) >= 11 is 1.25. The standard InChI is InChI=1S/C24H24F5N3O3S2/c1-4-5-6-20-21(36-23(30-20)16-7-10-18(11-8-16)37(25,26,27,28)29)14-34-17-9-12-19(15(2)13-17)22-31-35-24(33)32(22)3/h7-13H,4-6,14H2,1-3H3. The third-order valence-corrected chi connectivity index (χ3v) is 7.99.